The molecule has 0 radical (unpaired) electrons. The van der Waals surface area contributed by atoms with E-state index in [0.717, 1.165) is 12.3 Å². The third-order valence-corrected chi connectivity index (χ3v) is 5.59. The number of aryl methyl sites for hydroxylation is 1. The number of nitrogens with one attached hydrogen (secondary N) is 1. The first kappa shape index (κ1) is 14.1. The van der Waals surface area contributed by atoms with E-state index in [9.17, 15) is 0 Å². The molecule has 0 heterocycles. The predicted octanol–water partition coefficient (Wildman–Crippen LogP) is 3.64. The summed E-state index contributed by atoms with van der Waals surface area (Å²) in [6, 6.07) is 10.4. The highest BCUT2D eigenvalue weighted by Crippen LogP contribution is 2.45. The second kappa shape index (κ2) is 5.16. The van der Waals surface area contributed by atoms with Gasteiger partial charge in [0.15, 0.2) is 0 Å². The van der Waals surface area contributed by atoms with Crippen LogP contribution in [0.2, 0.25) is 0 Å². The predicted molar refractivity (Wildman–Crippen MR) is 83.1 cm³/mol. The summed E-state index contributed by atoms with van der Waals surface area (Å²) in [5, 5.41) is 3.84. The standard InChI is InChI=1S/C18H27NO/c1-12-5-7-13(8-6-12)14-9-15(10-14)19-16-11-17(20-4)18(16,2)3/h5-8,14-17,19H,9-11H2,1-4H3. The lowest BCUT2D eigenvalue weighted by Gasteiger charge is -2.54. The minimum absolute atomic E-state index is 0.281. The molecule has 2 fully saturated rings. The van der Waals surface area contributed by atoms with Crippen molar-refractivity contribution in [3.8, 4) is 0 Å². The first-order chi connectivity index (χ1) is 9.50. The molecule has 2 nitrogen and oxygen atoms in total. The van der Waals surface area contributed by atoms with E-state index in [1.165, 1.54) is 24.0 Å². The van der Waals surface area contributed by atoms with Crippen LogP contribution in [0.3, 0.4) is 0 Å². The van der Waals surface area contributed by atoms with Gasteiger partial charge in [-0.25, -0.2) is 0 Å². The summed E-state index contributed by atoms with van der Waals surface area (Å²) in [6.45, 7) is 6.79. The summed E-state index contributed by atoms with van der Waals surface area (Å²) in [5.41, 5.74) is 3.14. The molecule has 2 aliphatic carbocycles. The Bertz CT molecular complexity index is 459. The average Bonchev–Trinajstić information content (AvgIpc) is 2.37. The number of methoxy groups -OCH3 is 1. The van der Waals surface area contributed by atoms with Gasteiger partial charge in [-0.1, -0.05) is 43.7 Å². The second-order valence-corrected chi connectivity index (χ2v) is 7.28. The molecule has 0 spiro atoms. The summed E-state index contributed by atoms with van der Waals surface area (Å²) in [5.74, 6) is 0.759. The van der Waals surface area contributed by atoms with Crippen LogP contribution in [-0.2, 0) is 4.74 Å². The molecule has 1 aromatic rings. The normalized spacial score (nSPS) is 35.2. The fraction of sp³-hybridized carbons (Fsp3) is 0.667. The lowest BCUT2D eigenvalue weighted by atomic mass is 9.63. The van der Waals surface area contributed by atoms with Crippen molar-refractivity contribution < 1.29 is 4.74 Å². The monoisotopic (exact) mass is 273 g/mol. The maximum absolute atomic E-state index is 5.53. The number of benzene rings is 1. The molecule has 2 atom stereocenters. The largest absolute Gasteiger partial charge is 0.381 e. The molecule has 110 valence electrons. The highest BCUT2D eigenvalue weighted by molar-refractivity contribution is 5.27. The van der Waals surface area contributed by atoms with Crippen molar-refractivity contribution in [2.24, 2.45) is 5.41 Å². The van der Waals surface area contributed by atoms with Crippen LogP contribution in [0, 0.1) is 12.3 Å². The molecule has 0 aliphatic heterocycles. The van der Waals surface area contributed by atoms with E-state index in [2.05, 4.69) is 50.4 Å². The molecule has 3 rings (SSSR count). The Hall–Kier alpha value is -0.860. The van der Waals surface area contributed by atoms with Crippen LogP contribution in [-0.4, -0.2) is 25.3 Å². The van der Waals surface area contributed by atoms with Crippen LogP contribution in [0.4, 0.5) is 0 Å². The molecule has 0 amide bonds. The Morgan fingerprint density at radius 3 is 2.30 bits per heavy atom. The molecule has 0 saturated heterocycles. The third-order valence-electron chi connectivity index (χ3n) is 5.59. The summed E-state index contributed by atoms with van der Waals surface area (Å²) in [4.78, 5) is 0. The number of ether oxygens (including phenoxy) is 1. The molecule has 0 bridgehead atoms. The molecular formula is C18H27NO. The molecule has 2 heteroatoms. The van der Waals surface area contributed by atoms with Crippen molar-refractivity contribution in [3.05, 3.63) is 35.4 Å². The molecule has 2 saturated carbocycles. The van der Waals surface area contributed by atoms with Crippen molar-refractivity contribution in [3.63, 3.8) is 0 Å². The van der Waals surface area contributed by atoms with Crippen LogP contribution in [0.5, 0.6) is 0 Å². The fourth-order valence-corrected chi connectivity index (χ4v) is 3.72. The van der Waals surface area contributed by atoms with Crippen molar-refractivity contribution >= 4 is 0 Å². The van der Waals surface area contributed by atoms with E-state index in [1.807, 2.05) is 7.11 Å². The van der Waals surface area contributed by atoms with Gasteiger partial charge >= 0.3 is 0 Å². The maximum Gasteiger partial charge on any atom is 0.0652 e. The van der Waals surface area contributed by atoms with Gasteiger partial charge in [0, 0.05) is 24.6 Å². The highest BCUT2D eigenvalue weighted by Gasteiger charge is 2.49. The van der Waals surface area contributed by atoms with Crippen molar-refractivity contribution in [1.82, 2.24) is 5.32 Å². The Balaban J connectivity index is 1.48. The molecule has 1 N–H and O–H groups in total. The molecule has 20 heavy (non-hydrogen) atoms. The quantitative estimate of drug-likeness (QED) is 0.904. The lowest BCUT2D eigenvalue weighted by molar-refractivity contribution is -0.103. The zero-order chi connectivity index (χ0) is 14.3. The van der Waals surface area contributed by atoms with Crippen LogP contribution in [0.15, 0.2) is 24.3 Å². The number of hydrogen-bond donors (Lipinski definition) is 1. The van der Waals surface area contributed by atoms with Gasteiger partial charge in [0.1, 0.15) is 0 Å². The zero-order valence-corrected chi connectivity index (χ0v) is 13.1. The summed E-state index contributed by atoms with van der Waals surface area (Å²) >= 11 is 0. The molecule has 2 unspecified atom stereocenters. The van der Waals surface area contributed by atoms with Crippen molar-refractivity contribution in [1.29, 1.82) is 0 Å². The van der Waals surface area contributed by atoms with Gasteiger partial charge < -0.3 is 10.1 Å². The van der Waals surface area contributed by atoms with E-state index in [4.69, 9.17) is 4.74 Å². The lowest BCUT2D eigenvalue weighted by Crippen LogP contribution is -2.63. The molecule has 2 aliphatic rings. The summed E-state index contributed by atoms with van der Waals surface area (Å²) < 4.78 is 5.53. The van der Waals surface area contributed by atoms with E-state index in [1.54, 1.807) is 0 Å². The van der Waals surface area contributed by atoms with E-state index >= 15 is 0 Å². The molecule has 0 aromatic heterocycles. The van der Waals surface area contributed by atoms with Crippen LogP contribution in [0.1, 0.15) is 50.2 Å². The van der Waals surface area contributed by atoms with Gasteiger partial charge in [-0.15, -0.1) is 0 Å². The van der Waals surface area contributed by atoms with Crippen molar-refractivity contribution in [2.45, 2.75) is 64.1 Å². The minimum Gasteiger partial charge on any atom is -0.381 e. The number of hydrogen-bond acceptors (Lipinski definition) is 2. The second-order valence-electron chi connectivity index (χ2n) is 7.28. The smallest absolute Gasteiger partial charge is 0.0652 e. The first-order valence-electron chi connectivity index (χ1n) is 7.86. The van der Waals surface area contributed by atoms with E-state index in [-0.39, 0.29) is 5.41 Å². The van der Waals surface area contributed by atoms with Crippen LogP contribution in [0.25, 0.3) is 0 Å². The van der Waals surface area contributed by atoms with Gasteiger partial charge in [0.2, 0.25) is 0 Å². The topological polar surface area (TPSA) is 21.3 Å². The third kappa shape index (κ3) is 2.40. The minimum atomic E-state index is 0.281. The van der Waals surface area contributed by atoms with Crippen LogP contribution < -0.4 is 5.32 Å². The summed E-state index contributed by atoms with van der Waals surface area (Å²) in [7, 11) is 1.83. The first-order valence-corrected chi connectivity index (χ1v) is 7.86. The summed E-state index contributed by atoms with van der Waals surface area (Å²) in [6.07, 6.45) is 4.16. The highest BCUT2D eigenvalue weighted by atomic mass is 16.5. The van der Waals surface area contributed by atoms with Gasteiger partial charge in [0.05, 0.1) is 6.10 Å². The van der Waals surface area contributed by atoms with Crippen molar-refractivity contribution in [2.75, 3.05) is 7.11 Å². The van der Waals surface area contributed by atoms with Crippen LogP contribution >= 0.6 is 0 Å². The van der Waals surface area contributed by atoms with Gasteiger partial charge in [-0.3, -0.25) is 0 Å². The number of rotatable bonds is 4. The Kier molecular flexibility index (Phi) is 3.64. The van der Waals surface area contributed by atoms with Gasteiger partial charge in [0.25, 0.3) is 0 Å². The van der Waals surface area contributed by atoms with Gasteiger partial charge in [-0.05, 0) is 37.7 Å². The Labute approximate surface area is 122 Å². The van der Waals surface area contributed by atoms with E-state index in [0.29, 0.717) is 18.2 Å². The maximum atomic E-state index is 5.53. The zero-order valence-electron chi connectivity index (χ0n) is 13.1. The Morgan fingerprint density at radius 2 is 1.75 bits per heavy atom. The Morgan fingerprint density at radius 1 is 1.10 bits per heavy atom. The SMILES string of the molecule is COC1CC(NC2CC(c3ccc(C)cc3)C2)C1(C)C. The molecular weight excluding hydrogens is 246 g/mol. The van der Waals surface area contributed by atoms with Gasteiger partial charge in [-0.2, -0.15) is 0 Å². The fourth-order valence-electron chi connectivity index (χ4n) is 3.72. The average molecular weight is 273 g/mol. The van der Waals surface area contributed by atoms with E-state index < -0.39 is 0 Å². The molecule has 1 aromatic carbocycles.